The second kappa shape index (κ2) is 14.6. The number of unbranched alkanes of at least 4 members (excludes halogenated alkanes) is 3. The molecule has 0 amide bonds. The topological polar surface area (TPSA) is 65.0 Å². The summed E-state index contributed by atoms with van der Waals surface area (Å²) in [5.74, 6) is 0. The lowest BCUT2D eigenvalue weighted by molar-refractivity contribution is -0.00428. The molecule has 5 nitrogen and oxygen atoms in total. The van der Waals surface area contributed by atoms with Crippen LogP contribution in [0.4, 0.5) is 4.79 Å². The molecule has 1 unspecified atom stereocenters. The monoisotopic (exact) mass is 290 g/mol. The van der Waals surface area contributed by atoms with E-state index in [1.807, 2.05) is 6.92 Å². The minimum absolute atomic E-state index is 0.185. The van der Waals surface area contributed by atoms with Gasteiger partial charge in [0.15, 0.2) is 0 Å². The summed E-state index contributed by atoms with van der Waals surface area (Å²) in [6.45, 7) is 6.33. The summed E-state index contributed by atoms with van der Waals surface area (Å²) in [6, 6.07) is 0. The number of rotatable bonds is 14. The molecule has 0 aliphatic carbocycles. The Balaban J connectivity index is 3.75. The fourth-order valence-electron chi connectivity index (χ4n) is 2.00. The SMILES string of the molecule is CCCCCCC(CCCOC(=O)O)OCCOCC. The number of ether oxygens (including phenoxy) is 3. The van der Waals surface area contributed by atoms with E-state index in [9.17, 15) is 4.79 Å². The van der Waals surface area contributed by atoms with Crippen LogP contribution in [0.25, 0.3) is 0 Å². The minimum atomic E-state index is -1.21. The highest BCUT2D eigenvalue weighted by Gasteiger charge is 2.09. The predicted molar refractivity (Wildman–Crippen MR) is 78.2 cm³/mol. The Kier molecular flexibility index (Phi) is 14.0. The molecule has 0 aromatic rings. The van der Waals surface area contributed by atoms with E-state index in [0.717, 1.165) is 19.3 Å². The number of hydrogen-bond acceptors (Lipinski definition) is 4. The maximum atomic E-state index is 10.3. The summed E-state index contributed by atoms with van der Waals surface area (Å²) in [5, 5.41) is 8.41. The van der Waals surface area contributed by atoms with Crippen molar-refractivity contribution in [1.82, 2.24) is 0 Å². The quantitative estimate of drug-likeness (QED) is 0.389. The number of carbonyl (C=O) groups is 1. The maximum Gasteiger partial charge on any atom is 0.505 e. The molecule has 120 valence electrons. The van der Waals surface area contributed by atoms with Crippen LogP contribution >= 0.6 is 0 Å². The van der Waals surface area contributed by atoms with Crippen molar-refractivity contribution in [3.8, 4) is 0 Å². The molecule has 5 heteroatoms. The highest BCUT2D eigenvalue weighted by atomic mass is 16.7. The third-order valence-corrected chi connectivity index (χ3v) is 3.06. The highest BCUT2D eigenvalue weighted by Crippen LogP contribution is 2.13. The Hall–Kier alpha value is -0.810. The lowest BCUT2D eigenvalue weighted by atomic mass is 10.1. The fourth-order valence-corrected chi connectivity index (χ4v) is 2.00. The van der Waals surface area contributed by atoms with E-state index in [1.54, 1.807) is 0 Å². The molecule has 20 heavy (non-hydrogen) atoms. The molecule has 0 heterocycles. The van der Waals surface area contributed by atoms with Crippen LogP contribution in [0.1, 0.15) is 58.8 Å². The van der Waals surface area contributed by atoms with Gasteiger partial charge >= 0.3 is 6.16 Å². The van der Waals surface area contributed by atoms with Gasteiger partial charge in [0.05, 0.1) is 25.9 Å². The van der Waals surface area contributed by atoms with Gasteiger partial charge in [-0.2, -0.15) is 0 Å². The number of carboxylic acid groups (broad SMARTS) is 1. The van der Waals surface area contributed by atoms with Gasteiger partial charge in [-0.1, -0.05) is 32.6 Å². The van der Waals surface area contributed by atoms with Crippen molar-refractivity contribution in [3.05, 3.63) is 0 Å². The first-order valence-corrected chi connectivity index (χ1v) is 7.75. The van der Waals surface area contributed by atoms with Crippen LogP contribution in [0.3, 0.4) is 0 Å². The Morgan fingerprint density at radius 3 is 2.40 bits per heavy atom. The zero-order valence-corrected chi connectivity index (χ0v) is 12.9. The molecule has 0 saturated carbocycles. The van der Waals surface area contributed by atoms with Gasteiger partial charge in [-0.15, -0.1) is 0 Å². The standard InChI is InChI=1S/C15H30O5/c1-3-5-6-7-9-14(19-13-12-18-4-2)10-8-11-20-15(16)17/h14H,3-13H2,1-2H3,(H,16,17). The summed E-state index contributed by atoms with van der Waals surface area (Å²) in [5.41, 5.74) is 0. The highest BCUT2D eigenvalue weighted by molar-refractivity contribution is 5.56. The molecule has 0 saturated heterocycles. The number of hydrogen-bond donors (Lipinski definition) is 1. The largest absolute Gasteiger partial charge is 0.505 e. The van der Waals surface area contributed by atoms with E-state index in [0.29, 0.717) is 26.2 Å². The van der Waals surface area contributed by atoms with Crippen LogP contribution < -0.4 is 0 Å². The van der Waals surface area contributed by atoms with E-state index in [1.165, 1.54) is 19.3 Å². The Morgan fingerprint density at radius 1 is 1.00 bits per heavy atom. The summed E-state index contributed by atoms with van der Waals surface area (Å²) < 4.78 is 15.6. The molecular weight excluding hydrogens is 260 g/mol. The van der Waals surface area contributed by atoms with Crippen molar-refractivity contribution in [2.45, 2.75) is 64.9 Å². The van der Waals surface area contributed by atoms with Crippen molar-refractivity contribution in [3.63, 3.8) is 0 Å². The van der Waals surface area contributed by atoms with Crippen LogP contribution in [0, 0.1) is 0 Å². The first-order chi connectivity index (χ1) is 9.70. The van der Waals surface area contributed by atoms with Crippen molar-refractivity contribution >= 4 is 6.16 Å². The molecule has 0 bridgehead atoms. The molecule has 0 aromatic heterocycles. The zero-order valence-electron chi connectivity index (χ0n) is 12.9. The molecule has 0 radical (unpaired) electrons. The summed E-state index contributed by atoms with van der Waals surface area (Å²) in [4.78, 5) is 10.3. The molecule has 0 fully saturated rings. The van der Waals surface area contributed by atoms with Gasteiger partial charge in [-0.3, -0.25) is 0 Å². The summed E-state index contributed by atoms with van der Waals surface area (Å²) in [6.07, 6.45) is 6.42. The molecule has 0 rings (SSSR count). The van der Waals surface area contributed by atoms with Gasteiger partial charge in [0.25, 0.3) is 0 Å². The first-order valence-electron chi connectivity index (χ1n) is 7.75. The second-order valence-electron chi connectivity index (χ2n) is 4.80. The Bertz CT molecular complexity index is 208. The molecule has 0 aliphatic heterocycles. The van der Waals surface area contributed by atoms with E-state index >= 15 is 0 Å². The van der Waals surface area contributed by atoms with Crippen molar-refractivity contribution in [2.24, 2.45) is 0 Å². The van der Waals surface area contributed by atoms with E-state index < -0.39 is 6.16 Å². The van der Waals surface area contributed by atoms with Gasteiger partial charge in [0.1, 0.15) is 0 Å². The van der Waals surface area contributed by atoms with Crippen LogP contribution in [0.15, 0.2) is 0 Å². The van der Waals surface area contributed by atoms with Crippen molar-refractivity contribution in [2.75, 3.05) is 26.4 Å². The van der Waals surface area contributed by atoms with Crippen molar-refractivity contribution < 1.29 is 24.1 Å². The van der Waals surface area contributed by atoms with E-state index in [2.05, 4.69) is 11.7 Å². The zero-order chi connectivity index (χ0) is 15.1. The lowest BCUT2D eigenvalue weighted by Gasteiger charge is -2.17. The van der Waals surface area contributed by atoms with Gasteiger partial charge in [0, 0.05) is 6.61 Å². The van der Waals surface area contributed by atoms with Crippen LogP contribution in [0.2, 0.25) is 0 Å². The van der Waals surface area contributed by atoms with E-state index in [4.69, 9.17) is 14.6 Å². The fraction of sp³-hybridized carbons (Fsp3) is 0.933. The average molecular weight is 290 g/mol. The predicted octanol–water partition coefficient (Wildman–Crippen LogP) is 3.85. The molecule has 1 N–H and O–H groups in total. The summed E-state index contributed by atoms with van der Waals surface area (Å²) in [7, 11) is 0. The van der Waals surface area contributed by atoms with Crippen LogP contribution in [0.5, 0.6) is 0 Å². The molecule has 1 atom stereocenters. The van der Waals surface area contributed by atoms with Crippen molar-refractivity contribution in [1.29, 1.82) is 0 Å². The average Bonchev–Trinajstić information content (AvgIpc) is 2.43. The van der Waals surface area contributed by atoms with Crippen LogP contribution in [-0.4, -0.2) is 43.8 Å². The third-order valence-electron chi connectivity index (χ3n) is 3.06. The molecular formula is C15H30O5. The second-order valence-corrected chi connectivity index (χ2v) is 4.80. The molecule has 0 aromatic carbocycles. The van der Waals surface area contributed by atoms with Gasteiger partial charge in [0.2, 0.25) is 0 Å². The lowest BCUT2D eigenvalue weighted by Crippen LogP contribution is -2.17. The maximum absolute atomic E-state index is 10.3. The van der Waals surface area contributed by atoms with Gasteiger partial charge in [-0.25, -0.2) is 4.79 Å². The minimum Gasteiger partial charge on any atom is -0.450 e. The third kappa shape index (κ3) is 13.6. The Morgan fingerprint density at radius 2 is 1.75 bits per heavy atom. The van der Waals surface area contributed by atoms with E-state index in [-0.39, 0.29) is 12.7 Å². The normalized spacial score (nSPS) is 12.3. The van der Waals surface area contributed by atoms with Gasteiger partial charge in [-0.05, 0) is 26.2 Å². The summed E-state index contributed by atoms with van der Waals surface area (Å²) >= 11 is 0. The van der Waals surface area contributed by atoms with Crippen LogP contribution in [-0.2, 0) is 14.2 Å². The van der Waals surface area contributed by atoms with Gasteiger partial charge < -0.3 is 19.3 Å². The molecule has 0 aliphatic rings. The Labute approximate surface area is 122 Å². The smallest absolute Gasteiger partial charge is 0.450 e. The first kappa shape index (κ1) is 19.2. The molecule has 0 spiro atoms.